The summed E-state index contributed by atoms with van der Waals surface area (Å²) < 4.78 is 22.5. The van der Waals surface area contributed by atoms with Gasteiger partial charge in [0.2, 0.25) is 17.7 Å². The van der Waals surface area contributed by atoms with Gasteiger partial charge < -0.3 is 15.8 Å². The van der Waals surface area contributed by atoms with Gasteiger partial charge in [0.1, 0.15) is 17.9 Å². The summed E-state index contributed by atoms with van der Waals surface area (Å²) >= 11 is 0. The number of nitrogens with one attached hydrogen (secondary N) is 1. The third-order valence-corrected chi connectivity index (χ3v) is 5.34. The standard InChI is InChI=1S/C25H25FN6O3/c1-14-7-16(9-22(33)31-17-11-30-32(12-17)25(2,3)4)19(26)10-21(14)35-24-18-8-15(23(27)34)5-6-20(18)28-13-29-24/h5-8,10-13H,9H2,1-4H3,(H2,27,34)(H,31,33). The van der Waals surface area contributed by atoms with E-state index in [1.165, 1.54) is 18.5 Å². The van der Waals surface area contributed by atoms with Crippen LogP contribution in [-0.4, -0.2) is 31.6 Å². The number of primary amides is 1. The number of carbonyl (C=O) groups excluding carboxylic acids is 2. The highest BCUT2D eigenvalue weighted by molar-refractivity contribution is 5.98. The summed E-state index contributed by atoms with van der Waals surface area (Å²) in [5.74, 6) is -1.18. The number of ether oxygens (including phenoxy) is 1. The van der Waals surface area contributed by atoms with E-state index < -0.39 is 11.7 Å². The van der Waals surface area contributed by atoms with E-state index in [1.807, 2.05) is 20.8 Å². The van der Waals surface area contributed by atoms with Crippen LogP contribution < -0.4 is 15.8 Å². The molecule has 0 aliphatic carbocycles. The number of aromatic nitrogens is 4. The van der Waals surface area contributed by atoms with Gasteiger partial charge in [0.05, 0.1) is 34.7 Å². The number of aryl methyl sites for hydroxylation is 1. The molecule has 2 amide bonds. The molecular formula is C25H25FN6O3. The summed E-state index contributed by atoms with van der Waals surface area (Å²) in [6.07, 6.45) is 4.43. The molecule has 0 aliphatic rings. The lowest BCUT2D eigenvalue weighted by Crippen LogP contribution is -2.22. The second kappa shape index (κ2) is 9.13. The van der Waals surface area contributed by atoms with Crippen LogP contribution in [0.1, 0.15) is 42.3 Å². The number of hydrogen-bond donors (Lipinski definition) is 2. The fraction of sp³-hybridized carbons (Fsp3) is 0.240. The van der Waals surface area contributed by atoms with Crippen LogP contribution in [0.4, 0.5) is 10.1 Å². The molecule has 2 aromatic heterocycles. The van der Waals surface area contributed by atoms with Crippen LogP contribution in [0.25, 0.3) is 10.9 Å². The van der Waals surface area contributed by atoms with Gasteiger partial charge in [-0.05, 0) is 63.1 Å². The number of halogens is 1. The Morgan fingerprint density at radius 2 is 1.94 bits per heavy atom. The van der Waals surface area contributed by atoms with Crippen molar-refractivity contribution in [1.82, 2.24) is 19.7 Å². The van der Waals surface area contributed by atoms with Gasteiger partial charge in [0, 0.05) is 17.8 Å². The van der Waals surface area contributed by atoms with Crippen molar-refractivity contribution in [2.75, 3.05) is 5.32 Å². The summed E-state index contributed by atoms with van der Waals surface area (Å²) in [5, 5.41) is 7.45. The maximum Gasteiger partial charge on any atom is 0.248 e. The number of rotatable bonds is 6. The molecular weight excluding hydrogens is 451 g/mol. The summed E-state index contributed by atoms with van der Waals surface area (Å²) in [7, 11) is 0. The molecule has 4 rings (SSSR count). The lowest BCUT2D eigenvalue weighted by Gasteiger charge is -2.18. The smallest absolute Gasteiger partial charge is 0.248 e. The number of nitrogens with zero attached hydrogens (tertiary/aromatic N) is 4. The van der Waals surface area contributed by atoms with E-state index in [2.05, 4.69) is 20.4 Å². The van der Waals surface area contributed by atoms with Crippen molar-refractivity contribution in [1.29, 1.82) is 0 Å². The zero-order valence-electron chi connectivity index (χ0n) is 19.8. The van der Waals surface area contributed by atoms with Crippen molar-refractivity contribution in [3.05, 3.63) is 71.6 Å². The molecule has 0 radical (unpaired) electrons. The molecule has 35 heavy (non-hydrogen) atoms. The molecule has 10 heteroatoms. The van der Waals surface area contributed by atoms with Gasteiger partial charge >= 0.3 is 0 Å². The first kappa shape index (κ1) is 23.8. The molecule has 2 heterocycles. The lowest BCUT2D eigenvalue weighted by atomic mass is 10.1. The average Bonchev–Trinajstić information content (AvgIpc) is 3.26. The first-order valence-corrected chi connectivity index (χ1v) is 10.9. The highest BCUT2D eigenvalue weighted by Gasteiger charge is 2.17. The molecule has 9 nitrogen and oxygen atoms in total. The zero-order valence-corrected chi connectivity index (χ0v) is 19.8. The van der Waals surface area contributed by atoms with Gasteiger partial charge in [-0.15, -0.1) is 0 Å². The zero-order chi connectivity index (χ0) is 25.3. The molecule has 0 bridgehead atoms. The molecule has 0 atom stereocenters. The number of amides is 2. The van der Waals surface area contributed by atoms with Crippen molar-refractivity contribution in [3.8, 4) is 11.6 Å². The first-order chi connectivity index (χ1) is 16.5. The molecule has 0 saturated heterocycles. The Hall–Kier alpha value is -4.34. The molecule has 0 saturated carbocycles. The predicted molar refractivity (Wildman–Crippen MR) is 129 cm³/mol. The molecule has 2 aromatic carbocycles. The average molecular weight is 477 g/mol. The topological polar surface area (TPSA) is 125 Å². The van der Waals surface area contributed by atoms with Crippen LogP contribution in [0.2, 0.25) is 0 Å². The Bertz CT molecular complexity index is 1440. The quantitative estimate of drug-likeness (QED) is 0.432. The van der Waals surface area contributed by atoms with Crippen molar-refractivity contribution < 1.29 is 18.7 Å². The number of anilines is 1. The van der Waals surface area contributed by atoms with Crippen LogP contribution >= 0.6 is 0 Å². The van der Waals surface area contributed by atoms with Crippen molar-refractivity contribution in [2.24, 2.45) is 5.73 Å². The van der Waals surface area contributed by atoms with E-state index in [-0.39, 0.29) is 40.6 Å². The number of carbonyl (C=O) groups is 2. The van der Waals surface area contributed by atoms with Crippen molar-refractivity contribution in [2.45, 2.75) is 39.7 Å². The van der Waals surface area contributed by atoms with E-state index in [0.29, 0.717) is 22.2 Å². The summed E-state index contributed by atoms with van der Waals surface area (Å²) in [4.78, 5) is 32.3. The minimum absolute atomic E-state index is 0.155. The van der Waals surface area contributed by atoms with E-state index in [4.69, 9.17) is 10.5 Å². The number of nitrogens with two attached hydrogens (primary N) is 1. The maximum absolute atomic E-state index is 14.9. The minimum atomic E-state index is -0.600. The molecule has 4 aromatic rings. The fourth-order valence-electron chi connectivity index (χ4n) is 3.47. The van der Waals surface area contributed by atoms with Gasteiger partial charge in [-0.3, -0.25) is 14.3 Å². The second-order valence-electron chi connectivity index (χ2n) is 9.16. The first-order valence-electron chi connectivity index (χ1n) is 10.9. The fourth-order valence-corrected chi connectivity index (χ4v) is 3.47. The van der Waals surface area contributed by atoms with Crippen LogP contribution in [0.15, 0.2) is 49.1 Å². The Labute approximate surface area is 201 Å². The minimum Gasteiger partial charge on any atom is -0.438 e. The van der Waals surface area contributed by atoms with E-state index in [1.54, 1.807) is 42.2 Å². The molecule has 0 spiro atoms. The van der Waals surface area contributed by atoms with Crippen LogP contribution in [0.5, 0.6) is 11.6 Å². The molecule has 0 fully saturated rings. The Kier molecular flexibility index (Phi) is 6.21. The summed E-state index contributed by atoms with van der Waals surface area (Å²) in [5.41, 5.74) is 7.32. The number of benzene rings is 2. The third kappa shape index (κ3) is 5.26. The van der Waals surface area contributed by atoms with Gasteiger partial charge in [0.15, 0.2) is 0 Å². The Morgan fingerprint density at radius 1 is 1.17 bits per heavy atom. The predicted octanol–water partition coefficient (Wildman–Crippen LogP) is 4.10. The summed E-state index contributed by atoms with van der Waals surface area (Å²) in [6, 6.07) is 7.48. The third-order valence-electron chi connectivity index (χ3n) is 5.34. The largest absolute Gasteiger partial charge is 0.438 e. The number of fused-ring (bicyclic) bond motifs is 1. The lowest BCUT2D eigenvalue weighted by molar-refractivity contribution is -0.115. The SMILES string of the molecule is Cc1cc(CC(=O)Nc2cnn(C(C)(C)C)c2)c(F)cc1Oc1ncnc2ccc(C(N)=O)cc12. The normalized spacial score (nSPS) is 11.5. The van der Waals surface area contributed by atoms with Gasteiger partial charge in [-0.25, -0.2) is 14.4 Å². The molecule has 0 aliphatic heterocycles. The summed E-state index contributed by atoms with van der Waals surface area (Å²) in [6.45, 7) is 7.72. The van der Waals surface area contributed by atoms with Gasteiger partial charge in [-0.1, -0.05) is 0 Å². The monoisotopic (exact) mass is 476 g/mol. The van der Waals surface area contributed by atoms with E-state index in [9.17, 15) is 14.0 Å². The van der Waals surface area contributed by atoms with E-state index >= 15 is 0 Å². The van der Waals surface area contributed by atoms with E-state index in [0.717, 1.165) is 0 Å². The maximum atomic E-state index is 14.9. The van der Waals surface area contributed by atoms with Gasteiger partial charge in [0.25, 0.3) is 0 Å². The van der Waals surface area contributed by atoms with Gasteiger partial charge in [-0.2, -0.15) is 5.10 Å². The molecule has 180 valence electrons. The Morgan fingerprint density at radius 3 is 2.63 bits per heavy atom. The highest BCUT2D eigenvalue weighted by Crippen LogP contribution is 2.31. The second-order valence-corrected chi connectivity index (χ2v) is 9.16. The van der Waals surface area contributed by atoms with Crippen molar-refractivity contribution in [3.63, 3.8) is 0 Å². The van der Waals surface area contributed by atoms with Crippen molar-refractivity contribution >= 4 is 28.4 Å². The highest BCUT2D eigenvalue weighted by atomic mass is 19.1. The van der Waals surface area contributed by atoms with Crippen LogP contribution in [0.3, 0.4) is 0 Å². The molecule has 0 unspecified atom stereocenters. The van der Waals surface area contributed by atoms with Crippen LogP contribution in [-0.2, 0) is 16.8 Å². The molecule has 3 N–H and O–H groups in total. The van der Waals surface area contributed by atoms with Crippen LogP contribution in [0, 0.1) is 12.7 Å². The number of hydrogen-bond acceptors (Lipinski definition) is 6. The Balaban J connectivity index is 1.53.